The Morgan fingerprint density at radius 3 is 1.88 bits per heavy atom. The summed E-state index contributed by atoms with van der Waals surface area (Å²) in [6.45, 7) is 8.30. The topological polar surface area (TPSA) is 58.2 Å². The van der Waals surface area contributed by atoms with Crippen molar-refractivity contribution in [3.63, 3.8) is 0 Å². The van der Waals surface area contributed by atoms with E-state index in [9.17, 15) is 9.59 Å². The van der Waals surface area contributed by atoms with Gasteiger partial charge in [0.1, 0.15) is 0 Å². The van der Waals surface area contributed by atoms with Gasteiger partial charge in [-0.15, -0.1) is 0 Å². The van der Waals surface area contributed by atoms with Gasteiger partial charge < -0.3 is 10.6 Å². The van der Waals surface area contributed by atoms with Gasteiger partial charge in [-0.3, -0.25) is 9.59 Å². The predicted molar refractivity (Wildman–Crippen MR) is 101 cm³/mol. The normalized spacial score (nSPS) is 11.0. The third-order valence-corrected chi connectivity index (χ3v) is 4.50. The largest absolute Gasteiger partial charge is 0.318 e. The molecule has 24 heavy (non-hydrogen) atoms. The Kier molecular flexibility index (Phi) is 5.44. The van der Waals surface area contributed by atoms with Crippen molar-refractivity contribution in [2.45, 2.75) is 33.1 Å². The summed E-state index contributed by atoms with van der Waals surface area (Å²) in [7, 11) is 0. The molecule has 2 amide bonds. The highest BCUT2D eigenvalue weighted by Gasteiger charge is 2.16. The van der Waals surface area contributed by atoms with E-state index in [4.69, 9.17) is 0 Å². The fourth-order valence-electron chi connectivity index (χ4n) is 2.10. The second-order valence-electron chi connectivity index (χ2n) is 6.70. The standard InChI is InChI=1S/C19H21BrN2O2/c1-12-5-8-15(11-16(12)20)22-18(24)17(23)21-14-9-6-13(7-10-14)19(2,3)4/h5-11H,1-4H3,(H,21,23)(H,22,24). The van der Waals surface area contributed by atoms with Gasteiger partial charge in [-0.2, -0.15) is 0 Å². The van der Waals surface area contributed by atoms with E-state index in [1.54, 1.807) is 24.3 Å². The van der Waals surface area contributed by atoms with E-state index >= 15 is 0 Å². The van der Waals surface area contributed by atoms with E-state index in [-0.39, 0.29) is 5.41 Å². The molecule has 0 aliphatic rings. The number of halogens is 1. The van der Waals surface area contributed by atoms with Crippen LogP contribution < -0.4 is 10.6 Å². The van der Waals surface area contributed by atoms with Crippen molar-refractivity contribution in [1.82, 2.24) is 0 Å². The molecule has 0 fully saturated rings. The molecule has 5 heteroatoms. The van der Waals surface area contributed by atoms with E-state index in [0.29, 0.717) is 11.4 Å². The van der Waals surface area contributed by atoms with Crippen molar-refractivity contribution < 1.29 is 9.59 Å². The van der Waals surface area contributed by atoms with Crippen molar-refractivity contribution in [3.05, 3.63) is 58.1 Å². The van der Waals surface area contributed by atoms with Crippen LogP contribution in [0.3, 0.4) is 0 Å². The number of nitrogens with one attached hydrogen (secondary N) is 2. The van der Waals surface area contributed by atoms with Gasteiger partial charge in [-0.25, -0.2) is 0 Å². The van der Waals surface area contributed by atoms with Crippen LogP contribution in [-0.4, -0.2) is 11.8 Å². The number of hydrogen-bond acceptors (Lipinski definition) is 2. The van der Waals surface area contributed by atoms with Crippen LogP contribution in [0.1, 0.15) is 31.9 Å². The molecule has 0 bridgehead atoms. The van der Waals surface area contributed by atoms with E-state index < -0.39 is 11.8 Å². The molecule has 2 aromatic rings. The van der Waals surface area contributed by atoms with E-state index in [1.165, 1.54) is 0 Å². The first-order valence-electron chi connectivity index (χ1n) is 7.66. The number of anilines is 2. The molecule has 2 aromatic carbocycles. The average Bonchev–Trinajstić information content (AvgIpc) is 2.50. The molecular weight excluding hydrogens is 368 g/mol. The molecule has 0 radical (unpaired) electrons. The van der Waals surface area contributed by atoms with Crippen molar-refractivity contribution >= 4 is 39.1 Å². The van der Waals surface area contributed by atoms with Gasteiger partial charge in [0.05, 0.1) is 0 Å². The maximum atomic E-state index is 12.0. The van der Waals surface area contributed by atoms with Crippen LogP contribution in [0.2, 0.25) is 0 Å². The molecule has 0 aromatic heterocycles. The highest BCUT2D eigenvalue weighted by Crippen LogP contribution is 2.23. The molecule has 126 valence electrons. The lowest BCUT2D eigenvalue weighted by molar-refractivity contribution is -0.132. The molecule has 0 unspecified atom stereocenters. The minimum absolute atomic E-state index is 0.0404. The minimum Gasteiger partial charge on any atom is -0.318 e. The number of rotatable bonds is 2. The summed E-state index contributed by atoms with van der Waals surface area (Å²) in [5, 5.41) is 5.19. The van der Waals surface area contributed by atoms with Crippen LogP contribution in [-0.2, 0) is 15.0 Å². The Morgan fingerprint density at radius 2 is 1.38 bits per heavy atom. The lowest BCUT2D eigenvalue weighted by atomic mass is 9.87. The van der Waals surface area contributed by atoms with E-state index in [0.717, 1.165) is 15.6 Å². The molecule has 0 atom stereocenters. The van der Waals surface area contributed by atoms with Gasteiger partial charge in [0.2, 0.25) is 0 Å². The van der Waals surface area contributed by atoms with Crippen LogP contribution in [0.25, 0.3) is 0 Å². The molecule has 0 saturated heterocycles. The maximum Gasteiger partial charge on any atom is 0.314 e. The second-order valence-corrected chi connectivity index (χ2v) is 7.55. The van der Waals surface area contributed by atoms with Crippen molar-refractivity contribution in [2.75, 3.05) is 10.6 Å². The number of benzene rings is 2. The Balaban J connectivity index is 2.01. The molecule has 0 saturated carbocycles. The Bertz CT molecular complexity index is 762. The third kappa shape index (κ3) is 4.68. The summed E-state index contributed by atoms with van der Waals surface area (Å²) in [6, 6.07) is 12.9. The monoisotopic (exact) mass is 388 g/mol. The fraction of sp³-hybridized carbons (Fsp3) is 0.263. The smallest absolute Gasteiger partial charge is 0.314 e. The van der Waals surface area contributed by atoms with Gasteiger partial charge in [0.15, 0.2) is 0 Å². The van der Waals surface area contributed by atoms with Gasteiger partial charge >= 0.3 is 11.8 Å². The zero-order valence-corrected chi connectivity index (χ0v) is 15.8. The first-order valence-corrected chi connectivity index (χ1v) is 8.45. The zero-order chi connectivity index (χ0) is 17.9. The van der Waals surface area contributed by atoms with Gasteiger partial charge in [-0.05, 0) is 47.7 Å². The summed E-state index contributed by atoms with van der Waals surface area (Å²) in [6.07, 6.45) is 0. The summed E-state index contributed by atoms with van der Waals surface area (Å²) < 4.78 is 0.874. The lowest BCUT2D eigenvalue weighted by Gasteiger charge is -2.19. The molecule has 2 rings (SSSR count). The van der Waals surface area contributed by atoms with E-state index in [1.807, 2.05) is 25.1 Å². The highest BCUT2D eigenvalue weighted by molar-refractivity contribution is 9.10. The second kappa shape index (κ2) is 7.18. The number of aryl methyl sites for hydroxylation is 1. The summed E-state index contributed by atoms with van der Waals surface area (Å²) in [4.78, 5) is 24.0. The van der Waals surface area contributed by atoms with Crippen LogP contribution in [0.15, 0.2) is 46.9 Å². The number of carbonyl (C=O) groups is 2. The third-order valence-electron chi connectivity index (χ3n) is 3.64. The van der Waals surface area contributed by atoms with Gasteiger partial charge in [0, 0.05) is 15.8 Å². The van der Waals surface area contributed by atoms with Crippen LogP contribution >= 0.6 is 15.9 Å². The number of carbonyl (C=O) groups excluding carboxylic acids is 2. The van der Waals surface area contributed by atoms with Crippen molar-refractivity contribution in [3.8, 4) is 0 Å². The summed E-state index contributed by atoms with van der Waals surface area (Å²) in [5.74, 6) is -1.40. The average molecular weight is 389 g/mol. The molecule has 0 spiro atoms. The quantitative estimate of drug-likeness (QED) is 0.736. The Hall–Kier alpha value is -2.14. The summed E-state index contributed by atoms with van der Waals surface area (Å²) >= 11 is 3.40. The number of hydrogen-bond donors (Lipinski definition) is 2. The van der Waals surface area contributed by atoms with Crippen LogP contribution in [0.4, 0.5) is 11.4 Å². The summed E-state index contributed by atoms with van der Waals surface area (Å²) in [5.41, 5.74) is 3.41. The van der Waals surface area contributed by atoms with Gasteiger partial charge in [0.25, 0.3) is 0 Å². The van der Waals surface area contributed by atoms with Crippen LogP contribution in [0.5, 0.6) is 0 Å². The predicted octanol–water partition coefficient (Wildman–Crippen LogP) is 4.63. The molecule has 0 aliphatic heterocycles. The van der Waals surface area contributed by atoms with Gasteiger partial charge in [-0.1, -0.05) is 54.9 Å². The van der Waals surface area contributed by atoms with E-state index in [2.05, 4.69) is 47.3 Å². The molecule has 0 heterocycles. The highest BCUT2D eigenvalue weighted by atomic mass is 79.9. The van der Waals surface area contributed by atoms with Crippen molar-refractivity contribution in [1.29, 1.82) is 0 Å². The number of amides is 2. The minimum atomic E-state index is -0.703. The molecular formula is C19H21BrN2O2. The maximum absolute atomic E-state index is 12.0. The Morgan fingerprint density at radius 1 is 0.875 bits per heavy atom. The Labute approximate surface area is 150 Å². The van der Waals surface area contributed by atoms with Crippen molar-refractivity contribution in [2.24, 2.45) is 0 Å². The SMILES string of the molecule is Cc1ccc(NC(=O)C(=O)Nc2ccc(C(C)(C)C)cc2)cc1Br. The first kappa shape index (κ1) is 18.2. The molecule has 4 nitrogen and oxygen atoms in total. The first-order chi connectivity index (χ1) is 11.2. The zero-order valence-electron chi connectivity index (χ0n) is 14.2. The van der Waals surface area contributed by atoms with Crippen LogP contribution in [0, 0.1) is 6.92 Å². The molecule has 2 N–H and O–H groups in total. The molecule has 0 aliphatic carbocycles. The fourth-order valence-corrected chi connectivity index (χ4v) is 2.48. The lowest BCUT2D eigenvalue weighted by Crippen LogP contribution is -2.29.